The molecular weight excluding hydrogens is 488 g/mol. The number of nitrogens with one attached hydrogen (secondary N) is 2. The van der Waals surface area contributed by atoms with Crippen molar-refractivity contribution in [3.8, 4) is 17.0 Å². The van der Waals surface area contributed by atoms with Gasteiger partial charge in [0.2, 0.25) is 11.8 Å². The Labute approximate surface area is 219 Å². The fourth-order valence-corrected chi connectivity index (χ4v) is 4.79. The number of hydrogen-bond donors (Lipinski definition) is 2. The fourth-order valence-electron chi connectivity index (χ4n) is 4.79. The molecule has 4 amide bonds. The van der Waals surface area contributed by atoms with Crippen molar-refractivity contribution >= 4 is 29.5 Å². The Morgan fingerprint density at radius 3 is 2.66 bits per heavy atom. The van der Waals surface area contributed by atoms with Crippen molar-refractivity contribution in [3.63, 3.8) is 0 Å². The maximum absolute atomic E-state index is 13.2. The van der Waals surface area contributed by atoms with Crippen LogP contribution in [0.1, 0.15) is 39.9 Å². The summed E-state index contributed by atoms with van der Waals surface area (Å²) in [5, 5.41) is 4.97. The van der Waals surface area contributed by atoms with Crippen LogP contribution in [0.15, 0.2) is 54.7 Å². The smallest absolute Gasteiger partial charge is 0.412 e. The number of benzene rings is 2. The number of pyridine rings is 1. The number of nitrogens with zero attached hydrogens (tertiary/aromatic N) is 2. The second-order valence-electron chi connectivity index (χ2n) is 9.18. The number of rotatable bonds is 6. The first-order valence-electron chi connectivity index (χ1n) is 12.1. The van der Waals surface area contributed by atoms with E-state index in [4.69, 9.17) is 9.47 Å². The minimum atomic E-state index is -0.729. The minimum Gasteiger partial charge on any atom is -0.496 e. The number of amides is 4. The van der Waals surface area contributed by atoms with Crippen LogP contribution in [0, 0.1) is 6.92 Å². The van der Waals surface area contributed by atoms with E-state index in [1.165, 1.54) is 12.0 Å². The Balaban J connectivity index is 1.25. The Hall–Kier alpha value is -4.73. The summed E-state index contributed by atoms with van der Waals surface area (Å²) in [4.78, 5) is 55.4. The second kappa shape index (κ2) is 10.3. The van der Waals surface area contributed by atoms with Crippen molar-refractivity contribution in [2.45, 2.75) is 39.0 Å². The van der Waals surface area contributed by atoms with Crippen LogP contribution >= 0.6 is 0 Å². The number of fused-ring (bicyclic) bond motifs is 1. The predicted molar refractivity (Wildman–Crippen MR) is 137 cm³/mol. The number of methoxy groups -OCH3 is 1. The lowest BCUT2D eigenvalue weighted by Crippen LogP contribution is -2.52. The molecule has 0 saturated carbocycles. The van der Waals surface area contributed by atoms with Crippen LogP contribution in [0.2, 0.25) is 0 Å². The lowest BCUT2D eigenvalue weighted by atomic mass is 10.0. The summed E-state index contributed by atoms with van der Waals surface area (Å²) in [5.41, 5.74) is 4.79. The van der Waals surface area contributed by atoms with Crippen molar-refractivity contribution in [2.24, 2.45) is 0 Å². The van der Waals surface area contributed by atoms with Gasteiger partial charge in [-0.1, -0.05) is 30.3 Å². The number of aryl methyl sites for hydroxylation is 1. The van der Waals surface area contributed by atoms with Gasteiger partial charge >= 0.3 is 6.09 Å². The van der Waals surface area contributed by atoms with Gasteiger partial charge in [-0.2, -0.15) is 0 Å². The van der Waals surface area contributed by atoms with E-state index in [0.29, 0.717) is 28.1 Å². The van der Waals surface area contributed by atoms with Crippen molar-refractivity contribution in [2.75, 3.05) is 12.4 Å². The zero-order valence-corrected chi connectivity index (χ0v) is 20.9. The zero-order valence-electron chi connectivity index (χ0n) is 20.9. The van der Waals surface area contributed by atoms with Gasteiger partial charge in [-0.3, -0.25) is 30.0 Å². The van der Waals surface area contributed by atoms with E-state index in [2.05, 4.69) is 15.6 Å². The lowest BCUT2D eigenvalue weighted by molar-refractivity contribution is -0.136. The first-order chi connectivity index (χ1) is 18.3. The molecule has 3 aromatic rings. The van der Waals surface area contributed by atoms with E-state index in [-0.39, 0.29) is 37.8 Å². The molecule has 38 heavy (non-hydrogen) atoms. The molecule has 0 bridgehead atoms. The van der Waals surface area contributed by atoms with E-state index in [9.17, 15) is 19.2 Å². The van der Waals surface area contributed by atoms with E-state index < -0.39 is 18.0 Å². The number of aromatic nitrogens is 1. The highest BCUT2D eigenvalue weighted by Crippen LogP contribution is 2.35. The molecular formula is C28H26N4O6. The number of carbonyl (C=O) groups excluding carboxylic acids is 4. The third-order valence-corrected chi connectivity index (χ3v) is 6.64. The highest BCUT2D eigenvalue weighted by atomic mass is 16.5. The predicted octanol–water partition coefficient (Wildman–Crippen LogP) is 3.58. The molecule has 1 saturated heterocycles. The molecule has 10 heteroatoms. The summed E-state index contributed by atoms with van der Waals surface area (Å²) in [5.74, 6) is -0.702. The van der Waals surface area contributed by atoms with Crippen molar-refractivity contribution < 1.29 is 28.7 Å². The second-order valence-corrected chi connectivity index (χ2v) is 9.18. The van der Waals surface area contributed by atoms with Crippen LogP contribution in [0.4, 0.5) is 10.5 Å². The highest BCUT2D eigenvalue weighted by Gasteiger charge is 2.40. The van der Waals surface area contributed by atoms with Gasteiger partial charge in [-0.15, -0.1) is 0 Å². The SMILES string of the molecule is COc1cc(COC(=O)Nc2cnc(-c3ccccc3)c(C)c2)cc2c1CN(C1CCC(=O)NC1=O)C2=O. The summed E-state index contributed by atoms with van der Waals surface area (Å²) in [6.45, 7) is 2.00. The third-order valence-electron chi connectivity index (χ3n) is 6.64. The molecule has 0 radical (unpaired) electrons. The standard InChI is InChI=1S/C28H26N4O6/c1-16-10-19(13-29-25(16)18-6-4-3-5-7-18)30-28(36)38-15-17-11-20-21(23(12-17)37-2)14-32(27(20)35)22-8-9-24(33)31-26(22)34/h3-7,10-13,22H,8-9,14-15H2,1-2H3,(H,30,36)(H,31,33,34). The normalized spacial score (nSPS) is 16.6. The van der Waals surface area contributed by atoms with Gasteiger partial charge in [0.1, 0.15) is 18.4 Å². The van der Waals surface area contributed by atoms with Gasteiger partial charge in [-0.05, 0) is 42.7 Å². The van der Waals surface area contributed by atoms with Crippen LogP contribution < -0.4 is 15.4 Å². The van der Waals surface area contributed by atoms with Crippen molar-refractivity contribution in [3.05, 3.63) is 77.0 Å². The van der Waals surface area contributed by atoms with Gasteiger partial charge in [-0.25, -0.2) is 4.79 Å². The molecule has 2 N–H and O–H groups in total. The number of hydrogen-bond acceptors (Lipinski definition) is 7. The average molecular weight is 515 g/mol. The number of imide groups is 1. The average Bonchev–Trinajstić information content (AvgIpc) is 3.23. The first kappa shape index (κ1) is 24.9. The first-order valence-corrected chi connectivity index (χ1v) is 12.1. The molecule has 0 aliphatic carbocycles. The van der Waals surface area contributed by atoms with Crippen LogP contribution in [0.5, 0.6) is 5.75 Å². The highest BCUT2D eigenvalue weighted by molar-refractivity contribution is 6.05. The zero-order chi connectivity index (χ0) is 26.8. The Morgan fingerprint density at radius 2 is 1.95 bits per heavy atom. The quantitative estimate of drug-likeness (QED) is 0.482. The van der Waals surface area contributed by atoms with E-state index in [1.807, 2.05) is 43.3 Å². The molecule has 2 aromatic carbocycles. The van der Waals surface area contributed by atoms with Gasteiger partial charge in [0.25, 0.3) is 5.91 Å². The van der Waals surface area contributed by atoms with E-state index in [1.54, 1.807) is 18.3 Å². The molecule has 10 nitrogen and oxygen atoms in total. The monoisotopic (exact) mass is 514 g/mol. The summed E-state index contributed by atoms with van der Waals surface area (Å²) < 4.78 is 10.9. The Kier molecular flexibility index (Phi) is 6.78. The van der Waals surface area contributed by atoms with Gasteiger partial charge < -0.3 is 14.4 Å². The summed E-state index contributed by atoms with van der Waals surface area (Å²) in [7, 11) is 1.49. The Morgan fingerprint density at radius 1 is 1.16 bits per heavy atom. The van der Waals surface area contributed by atoms with Crippen molar-refractivity contribution in [1.29, 1.82) is 0 Å². The van der Waals surface area contributed by atoms with Crippen LogP contribution in [0.3, 0.4) is 0 Å². The van der Waals surface area contributed by atoms with Crippen LogP contribution in [0.25, 0.3) is 11.3 Å². The molecule has 3 heterocycles. The lowest BCUT2D eigenvalue weighted by Gasteiger charge is -2.29. The third kappa shape index (κ3) is 4.93. The number of ether oxygens (including phenoxy) is 2. The van der Waals surface area contributed by atoms with Gasteiger partial charge in [0.05, 0.1) is 31.2 Å². The van der Waals surface area contributed by atoms with Gasteiger partial charge in [0, 0.05) is 23.1 Å². The molecule has 1 unspecified atom stereocenters. The maximum atomic E-state index is 13.2. The van der Waals surface area contributed by atoms with Crippen molar-refractivity contribution in [1.82, 2.24) is 15.2 Å². The molecule has 0 spiro atoms. The van der Waals surface area contributed by atoms with E-state index >= 15 is 0 Å². The Bertz CT molecular complexity index is 1440. The largest absolute Gasteiger partial charge is 0.496 e. The number of piperidine rings is 1. The number of carbonyl (C=O) groups is 4. The minimum absolute atomic E-state index is 0.102. The van der Waals surface area contributed by atoms with Crippen LogP contribution in [-0.2, 0) is 27.5 Å². The topological polar surface area (TPSA) is 127 Å². The van der Waals surface area contributed by atoms with Crippen LogP contribution in [-0.4, -0.2) is 46.9 Å². The maximum Gasteiger partial charge on any atom is 0.412 e. The summed E-state index contributed by atoms with van der Waals surface area (Å²) in [6, 6.07) is 14.2. The molecule has 5 rings (SSSR count). The molecule has 2 aliphatic heterocycles. The fraction of sp³-hybridized carbons (Fsp3) is 0.250. The summed E-state index contributed by atoms with van der Waals surface area (Å²) in [6.07, 6.45) is 1.33. The molecule has 1 fully saturated rings. The molecule has 2 aliphatic rings. The number of anilines is 1. The molecule has 1 aromatic heterocycles. The van der Waals surface area contributed by atoms with E-state index in [0.717, 1.165) is 16.8 Å². The summed E-state index contributed by atoms with van der Waals surface area (Å²) >= 11 is 0. The molecule has 194 valence electrons. The molecule has 1 atom stereocenters. The van der Waals surface area contributed by atoms with Gasteiger partial charge in [0.15, 0.2) is 0 Å².